The van der Waals surface area contributed by atoms with Crippen molar-refractivity contribution < 1.29 is 5.11 Å². The van der Waals surface area contributed by atoms with Crippen molar-refractivity contribution in [3.8, 4) is 11.1 Å². The zero-order chi connectivity index (χ0) is 14.2. The highest BCUT2D eigenvalue weighted by molar-refractivity contribution is 6.11. The molecular formula is C19H15NO. The quantitative estimate of drug-likeness (QED) is 0.555. The minimum atomic E-state index is 0.0802. The Balaban J connectivity index is 1.99. The highest BCUT2D eigenvalue weighted by Gasteiger charge is 2.08. The molecule has 3 aromatic carbocycles. The summed E-state index contributed by atoms with van der Waals surface area (Å²) < 4.78 is 0. The summed E-state index contributed by atoms with van der Waals surface area (Å²) in [7, 11) is 0. The third kappa shape index (κ3) is 1.92. The van der Waals surface area contributed by atoms with Crippen LogP contribution in [0.25, 0.3) is 32.9 Å². The standard InChI is InChI=1S/C19H15NO/c21-12-13-8-10-14(11-9-13)15-5-3-6-17-16-4-1-2-7-18(16)20-19(15)17/h1-11,20-21H,12H2. The molecule has 0 spiro atoms. The van der Waals surface area contributed by atoms with Gasteiger partial charge in [0.15, 0.2) is 0 Å². The Kier molecular flexibility index (Phi) is 2.76. The van der Waals surface area contributed by atoms with Crippen LogP contribution in [-0.4, -0.2) is 10.1 Å². The van der Waals surface area contributed by atoms with Crippen molar-refractivity contribution in [3.63, 3.8) is 0 Å². The summed E-state index contributed by atoms with van der Waals surface area (Å²) in [6.07, 6.45) is 0. The molecule has 0 fully saturated rings. The molecule has 21 heavy (non-hydrogen) atoms. The van der Waals surface area contributed by atoms with Gasteiger partial charge in [-0.1, -0.05) is 60.7 Å². The maximum absolute atomic E-state index is 9.16. The first-order valence-corrected chi connectivity index (χ1v) is 7.06. The van der Waals surface area contributed by atoms with Gasteiger partial charge in [-0.15, -0.1) is 0 Å². The average Bonchev–Trinajstić information content (AvgIpc) is 2.94. The number of fused-ring (bicyclic) bond motifs is 3. The van der Waals surface area contributed by atoms with Crippen LogP contribution >= 0.6 is 0 Å². The molecule has 0 aliphatic rings. The summed E-state index contributed by atoms with van der Waals surface area (Å²) in [6, 6.07) is 22.8. The van der Waals surface area contributed by atoms with Gasteiger partial charge in [0.05, 0.1) is 12.1 Å². The first kappa shape index (κ1) is 12.2. The van der Waals surface area contributed by atoms with Crippen LogP contribution in [0.15, 0.2) is 66.7 Å². The summed E-state index contributed by atoms with van der Waals surface area (Å²) >= 11 is 0. The molecular weight excluding hydrogens is 258 g/mol. The monoisotopic (exact) mass is 273 g/mol. The second-order valence-corrected chi connectivity index (χ2v) is 5.25. The SMILES string of the molecule is OCc1ccc(-c2cccc3c2[nH]c2ccccc23)cc1. The first-order valence-electron chi connectivity index (χ1n) is 7.06. The summed E-state index contributed by atoms with van der Waals surface area (Å²) in [5, 5.41) is 11.7. The van der Waals surface area contributed by atoms with Gasteiger partial charge in [0.25, 0.3) is 0 Å². The van der Waals surface area contributed by atoms with Gasteiger partial charge in [0, 0.05) is 21.9 Å². The molecule has 2 N–H and O–H groups in total. The van der Waals surface area contributed by atoms with Crippen molar-refractivity contribution in [1.29, 1.82) is 0 Å². The lowest BCUT2D eigenvalue weighted by atomic mass is 10.0. The van der Waals surface area contributed by atoms with Crippen LogP contribution in [0.4, 0.5) is 0 Å². The van der Waals surface area contributed by atoms with E-state index >= 15 is 0 Å². The number of H-pyrrole nitrogens is 1. The Hall–Kier alpha value is -2.58. The number of para-hydroxylation sites is 2. The fraction of sp³-hybridized carbons (Fsp3) is 0.0526. The molecule has 4 rings (SSSR count). The van der Waals surface area contributed by atoms with Crippen molar-refractivity contribution >= 4 is 21.8 Å². The highest BCUT2D eigenvalue weighted by Crippen LogP contribution is 2.33. The Morgan fingerprint density at radius 2 is 1.52 bits per heavy atom. The van der Waals surface area contributed by atoms with Crippen LogP contribution in [0.5, 0.6) is 0 Å². The third-order valence-corrected chi connectivity index (χ3v) is 3.99. The summed E-state index contributed by atoms with van der Waals surface area (Å²) in [6.45, 7) is 0.0802. The number of nitrogens with one attached hydrogen (secondary N) is 1. The molecule has 2 heteroatoms. The molecule has 0 aliphatic carbocycles. The van der Waals surface area contributed by atoms with Gasteiger partial charge in [-0.25, -0.2) is 0 Å². The van der Waals surface area contributed by atoms with Gasteiger partial charge in [-0.3, -0.25) is 0 Å². The first-order chi connectivity index (χ1) is 10.4. The van der Waals surface area contributed by atoms with Crippen LogP contribution in [0.3, 0.4) is 0 Å². The molecule has 0 radical (unpaired) electrons. The zero-order valence-electron chi connectivity index (χ0n) is 11.5. The molecule has 0 unspecified atom stereocenters. The maximum atomic E-state index is 9.16. The normalized spacial score (nSPS) is 11.3. The van der Waals surface area contributed by atoms with Crippen molar-refractivity contribution in [2.45, 2.75) is 6.61 Å². The molecule has 102 valence electrons. The lowest BCUT2D eigenvalue weighted by Crippen LogP contribution is -1.84. The molecule has 1 heterocycles. The molecule has 0 saturated heterocycles. The lowest BCUT2D eigenvalue weighted by molar-refractivity contribution is 0.282. The van der Waals surface area contributed by atoms with Crippen molar-refractivity contribution in [2.24, 2.45) is 0 Å². The average molecular weight is 273 g/mol. The summed E-state index contributed by atoms with van der Waals surface area (Å²) in [5.41, 5.74) is 5.60. The van der Waals surface area contributed by atoms with Crippen LogP contribution in [-0.2, 0) is 6.61 Å². The number of hydrogen-bond acceptors (Lipinski definition) is 1. The van der Waals surface area contributed by atoms with Crippen molar-refractivity contribution in [2.75, 3.05) is 0 Å². The van der Waals surface area contributed by atoms with Gasteiger partial charge in [-0.05, 0) is 17.2 Å². The van der Waals surface area contributed by atoms with Gasteiger partial charge < -0.3 is 10.1 Å². The van der Waals surface area contributed by atoms with Crippen LogP contribution in [0.2, 0.25) is 0 Å². The lowest BCUT2D eigenvalue weighted by Gasteiger charge is -2.05. The summed E-state index contributed by atoms with van der Waals surface area (Å²) in [4.78, 5) is 3.52. The minimum Gasteiger partial charge on any atom is -0.392 e. The predicted molar refractivity (Wildman–Crippen MR) is 87.2 cm³/mol. The van der Waals surface area contributed by atoms with Crippen LogP contribution in [0, 0.1) is 0 Å². The Bertz CT molecular complexity index is 919. The molecule has 0 saturated carbocycles. The van der Waals surface area contributed by atoms with Gasteiger partial charge >= 0.3 is 0 Å². The van der Waals surface area contributed by atoms with Crippen molar-refractivity contribution in [1.82, 2.24) is 4.98 Å². The summed E-state index contributed by atoms with van der Waals surface area (Å²) in [5.74, 6) is 0. The van der Waals surface area contributed by atoms with E-state index in [1.807, 2.05) is 18.2 Å². The Morgan fingerprint density at radius 3 is 2.33 bits per heavy atom. The fourth-order valence-electron chi connectivity index (χ4n) is 2.90. The minimum absolute atomic E-state index is 0.0802. The number of aromatic nitrogens is 1. The van der Waals surface area contributed by atoms with Gasteiger partial charge in [0.2, 0.25) is 0 Å². The van der Waals surface area contributed by atoms with Gasteiger partial charge in [-0.2, -0.15) is 0 Å². The Labute approximate surface area is 122 Å². The largest absolute Gasteiger partial charge is 0.392 e. The molecule has 0 bridgehead atoms. The highest BCUT2D eigenvalue weighted by atomic mass is 16.3. The van der Waals surface area contributed by atoms with E-state index in [4.69, 9.17) is 5.11 Å². The van der Waals surface area contributed by atoms with Crippen molar-refractivity contribution in [3.05, 3.63) is 72.3 Å². The number of hydrogen-bond donors (Lipinski definition) is 2. The molecule has 2 nitrogen and oxygen atoms in total. The topological polar surface area (TPSA) is 36.0 Å². The predicted octanol–water partition coefficient (Wildman–Crippen LogP) is 4.48. The fourth-order valence-corrected chi connectivity index (χ4v) is 2.90. The van der Waals surface area contributed by atoms with Crippen LogP contribution < -0.4 is 0 Å². The molecule has 0 amide bonds. The Morgan fingerprint density at radius 1 is 0.762 bits per heavy atom. The number of aromatic amines is 1. The van der Waals surface area contributed by atoms with E-state index in [-0.39, 0.29) is 6.61 Å². The second kappa shape index (κ2) is 4.76. The van der Waals surface area contributed by atoms with E-state index in [0.717, 1.165) is 22.2 Å². The van der Waals surface area contributed by atoms with E-state index in [1.165, 1.54) is 16.3 Å². The van der Waals surface area contributed by atoms with E-state index in [1.54, 1.807) is 0 Å². The third-order valence-electron chi connectivity index (χ3n) is 3.99. The molecule has 1 aromatic heterocycles. The number of aliphatic hydroxyl groups is 1. The second-order valence-electron chi connectivity index (χ2n) is 5.25. The molecule has 0 aliphatic heterocycles. The zero-order valence-corrected chi connectivity index (χ0v) is 11.5. The van der Waals surface area contributed by atoms with E-state index < -0.39 is 0 Å². The van der Waals surface area contributed by atoms with E-state index in [9.17, 15) is 0 Å². The molecule has 4 aromatic rings. The molecule has 0 atom stereocenters. The van der Waals surface area contributed by atoms with Gasteiger partial charge in [0.1, 0.15) is 0 Å². The number of aliphatic hydroxyl groups excluding tert-OH is 1. The van der Waals surface area contributed by atoms with E-state index in [2.05, 4.69) is 53.5 Å². The number of benzene rings is 3. The smallest absolute Gasteiger partial charge is 0.0681 e. The van der Waals surface area contributed by atoms with E-state index in [0.29, 0.717) is 0 Å². The maximum Gasteiger partial charge on any atom is 0.0681 e. The number of rotatable bonds is 2. The van der Waals surface area contributed by atoms with Crippen LogP contribution in [0.1, 0.15) is 5.56 Å².